The Labute approximate surface area is 157 Å². The summed E-state index contributed by atoms with van der Waals surface area (Å²) in [6, 6.07) is -1.21. The molecule has 0 fully saturated rings. The number of rotatable bonds is 6. The Hall–Kier alpha value is -2.24. The van der Waals surface area contributed by atoms with E-state index in [1.54, 1.807) is 20.8 Å². The number of aromatic nitrogens is 2. The molecule has 0 aliphatic rings. The number of esters is 1. The van der Waals surface area contributed by atoms with Crippen molar-refractivity contribution in [3.63, 3.8) is 0 Å². The van der Waals surface area contributed by atoms with Crippen LogP contribution in [-0.4, -0.2) is 52.6 Å². The number of alkyl carbamates (subject to hydrolysis) is 1. The molecule has 1 aromatic heterocycles. The van der Waals surface area contributed by atoms with Crippen LogP contribution in [0.1, 0.15) is 36.8 Å². The molecule has 0 spiro atoms. The first-order valence-electron chi connectivity index (χ1n) is 7.59. The SMILES string of the molecule is COC(=O)C(CSc1c(C=O)c(C(F)(F)F)nn1C)NC(=O)OC(C)(C)C. The molecule has 0 bridgehead atoms. The van der Waals surface area contributed by atoms with E-state index >= 15 is 0 Å². The lowest BCUT2D eigenvalue weighted by Gasteiger charge is -2.22. The van der Waals surface area contributed by atoms with Crippen LogP contribution in [0.3, 0.4) is 0 Å². The van der Waals surface area contributed by atoms with Gasteiger partial charge in [-0.1, -0.05) is 0 Å². The number of thioether (sulfide) groups is 1. The lowest BCUT2D eigenvalue weighted by Crippen LogP contribution is -2.45. The molecule has 0 saturated heterocycles. The zero-order valence-electron chi connectivity index (χ0n) is 15.3. The van der Waals surface area contributed by atoms with Gasteiger partial charge in [-0.3, -0.25) is 9.48 Å². The van der Waals surface area contributed by atoms with Gasteiger partial charge < -0.3 is 14.8 Å². The molecule has 0 aromatic carbocycles. The quantitative estimate of drug-likeness (QED) is 0.436. The molecule has 1 amide bonds. The number of ether oxygens (including phenoxy) is 2. The number of methoxy groups -OCH3 is 1. The number of alkyl halides is 3. The molecule has 0 radical (unpaired) electrons. The maximum Gasteiger partial charge on any atom is 0.435 e. The largest absolute Gasteiger partial charge is 0.467 e. The molecule has 8 nitrogen and oxygen atoms in total. The maximum absolute atomic E-state index is 12.9. The molecule has 1 atom stereocenters. The van der Waals surface area contributed by atoms with E-state index in [1.807, 2.05) is 0 Å². The topological polar surface area (TPSA) is 99.5 Å². The highest BCUT2D eigenvalue weighted by Crippen LogP contribution is 2.35. The molecule has 152 valence electrons. The summed E-state index contributed by atoms with van der Waals surface area (Å²) in [5, 5.41) is 5.51. The van der Waals surface area contributed by atoms with Crippen LogP contribution >= 0.6 is 11.8 Å². The van der Waals surface area contributed by atoms with Crippen molar-refractivity contribution in [2.24, 2.45) is 7.05 Å². The molecule has 1 unspecified atom stereocenters. The second kappa shape index (κ2) is 8.63. The van der Waals surface area contributed by atoms with Gasteiger partial charge in [-0.2, -0.15) is 18.3 Å². The minimum absolute atomic E-state index is 0.0482. The number of amides is 1. The zero-order valence-corrected chi connectivity index (χ0v) is 16.2. The second-order valence-electron chi connectivity index (χ2n) is 6.34. The predicted octanol–water partition coefficient (Wildman–Crippen LogP) is 2.41. The smallest absolute Gasteiger partial charge is 0.435 e. The van der Waals surface area contributed by atoms with Gasteiger partial charge in [0.15, 0.2) is 12.0 Å². The molecule has 1 aromatic rings. The normalized spacial score (nSPS) is 13.0. The summed E-state index contributed by atoms with van der Waals surface area (Å²) in [4.78, 5) is 34.8. The van der Waals surface area contributed by atoms with Crippen LogP contribution in [-0.2, 0) is 27.5 Å². The van der Waals surface area contributed by atoms with Crippen LogP contribution in [0.4, 0.5) is 18.0 Å². The summed E-state index contributed by atoms with van der Waals surface area (Å²) in [7, 11) is 2.33. The summed E-state index contributed by atoms with van der Waals surface area (Å²) in [6.45, 7) is 4.87. The molecular formula is C15H20F3N3O5S. The van der Waals surface area contributed by atoms with Crippen molar-refractivity contribution >= 4 is 30.1 Å². The number of nitrogens with one attached hydrogen (secondary N) is 1. The maximum atomic E-state index is 12.9. The monoisotopic (exact) mass is 411 g/mol. The fourth-order valence-corrected chi connectivity index (χ4v) is 3.01. The van der Waals surface area contributed by atoms with Crippen LogP contribution in [0, 0.1) is 0 Å². The molecule has 12 heteroatoms. The van der Waals surface area contributed by atoms with Crippen molar-refractivity contribution in [2.45, 2.75) is 43.6 Å². The number of aryl methyl sites for hydroxylation is 1. The fraction of sp³-hybridized carbons (Fsp3) is 0.600. The van der Waals surface area contributed by atoms with Crippen LogP contribution in [0.2, 0.25) is 0 Å². The molecular weight excluding hydrogens is 391 g/mol. The first-order valence-corrected chi connectivity index (χ1v) is 8.58. The Bertz CT molecular complexity index is 713. The first kappa shape index (κ1) is 22.8. The summed E-state index contributed by atoms with van der Waals surface area (Å²) in [6.07, 6.45) is -5.65. The average molecular weight is 411 g/mol. The van der Waals surface area contributed by atoms with E-state index in [0.717, 1.165) is 23.6 Å². The van der Waals surface area contributed by atoms with E-state index in [9.17, 15) is 27.6 Å². The number of carbonyl (C=O) groups is 3. The Balaban J connectivity index is 3.00. The lowest BCUT2D eigenvalue weighted by molar-refractivity contribution is -0.142. The third-order valence-electron chi connectivity index (χ3n) is 2.98. The van der Waals surface area contributed by atoms with Gasteiger partial charge in [-0.25, -0.2) is 9.59 Å². The fourth-order valence-electron chi connectivity index (χ4n) is 1.93. The van der Waals surface area contributed by atoms with Gasteiger partial charge in [0.25, 0.3) is 0 Å². The van der Waals surface area contributed by atoms with Crippen molar-refractivity contribution in [3.8, 4) is 0 Å². The predicted molar refractivity (Wildman–Crippen MR) is 89.5 cm³/mol. The average Bonchev–Trinajstić information content (AvgIpc) is 2.84. The molecule has 0 aliphatic carbocycles. The molecule has 1 N–H and O–H groups in total. The number of hydrogen-bond acceptors (Lipinski definition) is 7. The number of aldehydes is 1. The summed E-state index contributed by atoms with van der Waals surface area (Å²) in [5.41, 5.74) is -2.78. The summed E-state index contributed by atoms with van der Waals surface area (Å²) < 4.78 is 49.4. The molecule has 1 heterocycles. The lowest BCUT2D eigenvalue weighted by atomic mass is 10.2. The van der Waals surface area contributed by atoms with Crippen molar-refractivity contribution in [1.82, 2.24) is 15.1 Å². The number of nitrogens with zero attached hydrogens (tertiary/aromatic N) is 2. The van der Waals surface area contributed by atoms with Crippen molar-refractivity contribution in [1.29, 1.82) is 0 Å². The van der Waals surface area contributed by atoms with Gasteiger partial charge >= 0.3 is 18.2 Å². The van der Waals surface area contributed by atoms with Gasteiger partial charge in [-0.05, 0) is 20.8 Å². The van der Waals surface area contributed by atoms with E-state index in [2.05, 4.69) is 15.2 Å². The minimum Gasteiger partial charge on any atom is -0.467 e. The molecule has 1 rings (SSSR count). The highest BCUT2D eigenvalue weighted by Gasteiger charge is 2.39. The van der Waals surface area contributed by atoms with E-state index in [0.29, 0.717) is 0 Å². The van der Waals surface area contributed by atoms with Crippen LogP contribution in [0.5, 0.6) is 0 Å². The Morgan fingerprint density at radius 1 is 1.33 bits per heavy atom. The van der Waals surface area contributed by atoms with Crippen molar-refractivity contribution in [2.75, 3.05) is 12.9 Å². The first-order chi connectivity index (χ1) is 12.3. The standard InChI is InChI=1S/C15H20F3N3O5S/c1-14(2,3)26-13(24)19-9(12(23)25-5)7-27-11-8(6-22)10(15(16,17)18)20-21(11)4/h6,9H,7H2,1-5H3,(H,19,24). The zero-order chi connectivity index (χ0) is 21.0. The third-order valence-corrected chi connectivity index (χ3v) is 4.24. The van der Waals surface area contributed by atoms with Gasteiger partial charge in [-0.15, -0.1) is 11.8 Å². The third kappa shape index (κ3) is 6.45. The second-order valence-corrected chi connectivity index (χ2v) is 7.35. The van der Waals surface area contributed by atoms with Crippen LogP contribution < -0.4 is 5.32 Å². The summed E-state index contributed by atoms with van der Waals surface area (Å²) >= 11 is 0.745. The van der Waals surface area contributed by atoms with E-state index in [-0.39, 0.29) is 17.1 Å². The van der Waals surface area contributed by atoms with Crippen LogP contribution in [0.15, 0.2) is 5.03 Å². The minimum atomic E-state index is -4.80. The van der Waals surface area contributed by atoms with E-state index < -0.39 is 41.1 Å². The van der Waals surface area contributed by atoms with E-state index in [1.165, 1.54) is 7.05 Å². The number of halogens is 3. The van der Waals surface area contributed by atoms with Gasteiger partial charge in [0, 0.05) is 12.8 Å². The molecule has 0 aliphatic heterocycles. The Kier molecular flexibility index (Phi) is 7.29. The van der Waals surface area contributed by atoms with Crippen molar-refractivity contribution < 1.29 is 37.0 Å². The Morgan fingerprint density at radius 3 is 2.37 bits per heavy atom. The van der Waals surface area contributed by atoms with Gasteiger partial charge in [0.2, 0.25) is 0 Å². The number of hydrogen-bond donors (Lipinski definition) is 1. The van der Waals surface area contributed by atoms with Crippen LogP contribution in [0.25, 0.3) is 0 Å². The molecule has 27 heavy (non-hydrogen) atoms. The number of carbonyl (C=O) groups excluding carboxylic acids is 3. The van der Waals surface area contributed by atoms with E-state index in [4.69, 9.17) is 4.74 Å². The van der Waals surface area contributed by atoms with Gasteiger partial charge in [0.05, 0.1) is 12.7 Å². The molecule has 0 saturated carbocycles. The Morgan fingerprint density at radius 2 is 1.93 bits per heavy atom. The highest BCUT2D eigenvalue weighted by atomic mass is 32.2. The highest BCUT2D eigenvalue weighted by molar-refractivity contribution is 7.99. The van der Waals surface area contributed by atoms with Crippen molar-refractivity contribution in [3.05, 3.63) is 11.3 Å². The summed E-state index contributed by atoms with van der Waals surface area (Å²) in [5.74, 6) is -1.02. The van der Waals surface area contributed by atoms with Gasteiger partial charge in [0.1, 0.15) is 16.7 Å².